The van der Waals surface area contributed by atoms with E-state index in [2.05, 4.69) is 23.8 Å². The van der Waals surface area contributed by atoms with Crippen molar-refractivity contribution in [2.75, 3.05) is 10.6 Å². The van der Waals surface area contributed by atoms with Crippen LogP contribution < -0.4 is 29.6 Å². The van der Waals surface area contributed by atoms with Crippen LogP contribution in [-0.2, 0) is 19.2 Å². The van der Waals surface area contributed by atoms with Crippen molar-refractivity contribution in [1.82, 2.24) is 0 Å². The van der Waals surface area contributed by atoms with E-state index in [1.54, 1.807) is 121 Å². The Hall–Kier alpha value is -9.94. The van der Waals surface area contributed by atoms with Gasteiger partial charge in [0, 0.05) is 34.7 Å². The predicted molar refractivity (Wildman–Crippen MR) is 270 cm³/mol. The summed E-state index contributed by atoms with van der Waals surface area (Å²) in [5.74, 6) is -2.27. The standard InChI is InChI=1S/C58H40N2O10/c1-3-51(61)59-43-25-29-45(30-26-43)67-57(65)41-19-13-37(14-20-41)17-35-53(63)69-49-33-23-39-9-5-7-11-47(39)55(49)56-48-12-8-6-10-40(48)24-34-50(56)70-54(64)36-18-38-15-21-42(22-16-38)58(66)68-46-31-27-44(28-32-46)60-52(62)4-2/h3-36H,1-2H2,(H,59,61)(H,60,62)/b35-17+,36-18+. The molecule has 0 fully saturated rings. The van der Waals surface area contributed by atoms with Gasteiger partial charge in [0.05, 0.1) is 11.1 Å². The molecule has 2 N–H and O–H groups in total. The molecule has 0 heterocycles. The molecule has 0 spiro atoms. The molecule has 0 aliphatic rings. The maximum atomic E-state index is 13.6. The first-order valence-electron chi connectivity index (χ1n) is 21.6. The van der Waals surface area contributed by atoms with Gasteiger partial charge >= 0.3 is 23.9 Å². The average Bonchev–Trinajstić information content (AvgIpc) is 3.38. The highest BCUT2D eigenvalue weighted by atomic mass is 16.5. The predicted octanol–water partition coefficient (Wildman–Crippen LogP) is 11.6. The first-order valence-corrected chi connectivity index (χ1v) is 21.6. The number of carbonyl (C=O) groups is 6. The molecule has 12 nitrogen and oxygen atoms in total. The number of carbonyl (C=O) groups excluding carboxylic acids is 6. The van der Waals surface area contributed by atoms with Crippen LogP contribution in [0.15, 0.2) is 207 Å². The van der Waals surface area contributed by atoms with Crippen LogP contribution in [-0.4, -0.2) is 35.7 Å². The maximum absolute atomic E-state index is 13.6. The third-order valence-corrected chi connectivity index (χ3v) is 10.6. The lowest BCUT2D eigenvalue weighted by atomic mass is 9.92. The Labute approximate surface area is 401 Å². The van der Waals surface area contributed by atoms with Gasteiger partial charge in [0.15, 0.2) is 0 Å². The van der Waals surface area contributed by atoms with Crippen LogP contribution in [0.5, 0.6) is 23.0 Å². The molecule has 0 saturated heterocycles. The van der Waals surface area contributed by atoms with Crippen LogP contribution in [0.1, 0.15) is 31.8 Å². The van der Waals surface area contributed by atoms with Gasteiger partial charge in [0.2, 0.25) is 11.8 Å². The van der Waals surface area contributed by atoms with Crippen molar-refractivity contribution in [2.45, 2.75) is 0 Å². The lowest BCUT2D eigenvalue weighted by Gasteiger charge is -2.18. The molecule has 0 aliphatic carbocycles. The van der Waals surface area contributed by atoms with Gasteiger partial charge in [-0.25, -0.2) is 19.2 Å². The molecule has 0 saturated carbocycles. The Bertz CT molecular complexity index is 3160. The number of anilines is 2. The zero-order valence-electron chi connectivity index (χ0n) is 37.1. The van der Waals surface area contributed by atoms with Crippen molar-refractivity contribution < 1.29 is 47.7 Å². The lowest BCUT2D eigenvalue weighted by molar-refractivity contribution is -0.129. The summed E-state index contributed by atoms with van der Waals surface area (Å²) in [6.07, 6.45) is 7.96. The summed E-state index contributed by atoms with van der Waals surface area (Å²) in [6.45, 7) is 6.84. The normalized spacial score (nSPS) is 10.9. The van der Waals surface area contributed by atoms with E-state index >= 15 is 0 Å². The molecule has 70 heavy (non-hydrogen) atoms. The summed E-state index contributed by atoms with van der Waals surface area (Å²) in [5, 5.41) is 8.44. The van der Waals surface area contributed by atoms with Crippen LogP contribution in [0.25, 0.3) is 44.8 Å². The van der Waals surface area contributed by atoms with E-state index in [0.717, 1.165) is 33.7 Å². The molecule has 0 unspecified atom stereocenters. The fourth-order valence-electron chi connectivity index (χ4n) is 7.19. The Morgan fingerprint density at radius 2 is 0.771 bits per heavy atom. The Morgan fingerprint density at radius 1 is 0.400 bits per heavy atom. The quantitative estimate of drug-likeness (QED) is 0.0574. The molecule has 0 atom stereocenters. The van der Waals surface area contributed by atoms with E-state index in [0.29, 0.717) is 33.6 Å². The topological polar surface area (TPSA) is 163 Å². The zero-order valence-corrected chi connectivity index (χ0v) is 37.1. The van der Waals surface area contributed by atoms with Gasteiger partial charge in [0.25, 0.3) is 0 Å². The van der Waals surface area contributed by atoms with Gasteiger partial charge in [-0.2, -0.15) is 0 Å². The minimum absolute atomic E-state index is 0.222. The second-order valence-electron chi connectivity index (χ2n) is 15.3. The summed E-state index contributed by atoms with van der Waals surface area (Å²) in [4.78, 5) is 76.0. The van der Waals surface area contributed by atoms with Gasteiger partial charge in [-0.1, -0.05) is 98.1 Å². The van der Waals surface area contributed by atoms with Crippen LogP contribution in [0, 0.1) is 0 Å². The van der Waals surface area contributed by atoms with Gasteiger partial charge < -0.3 is 29.6 Å². The Morgan fingerprint density at radius 3 is 1.14 bits per heavy atom. The number of nitrogens with one attached hydrogen (secondary N) is 2. The van der Waals surface area contributed by atoms with Gasteiger partial charge in [0.1, 0.15) is 23.0 Å². The highest BCUT2D eigenvalue weighted by Gasteiger charge is 2.22. The first kappa shape index (κ1) is 46.6. The molecule has 0 bridgehead atoms. The second kappa shape index (κ2) is 21.6. The molecule has 0 aromatic heterocycles. The van der Waals surface area contributed by atoms with Crippen molar-refractivity contribution in [3.63, 3.8) is 0 Å². The molecular weight excluding hydrogens is 885 g/mol. The van der Waals surface area contributed by atoms with Crippen molar-refractivity contribution in [2.24, 2.45) is 0 Å². The molecule has 342 valence electrons. The molecule has 8 rings (SSSR count). The van der Waals surface area contributed by atoms with E-state index in [1.165, 1.54) is 12.2 Å². The van der Waals surface area contributed by atoms with E-state index < -0.39 is 23.9 Å². The monoisotopic (exact) mass is 924 g/mol. The number of hydrogen-bond donors (Lipinski definition) is 2. The average molecular weight is 925 g/mol. The summed E-state index contributed by atoms with van der Waals surface area (Å²) < 4.78 is 23.1. The largest absolute Gasteiger partial charge is 0.423 e. The van der Waals surface area contributed by atoms with Crippen molar-refractivity contribution in [1.29, 1.82) is 0 Å². The number of esters is 4. The lowest BCUT2D eigenvalue weighted by Crippen LogP contribution is -2.09. The minimum atomic E-state index is -0.682. The Kier molecular flexibility index (Phi) is 14.4. The summed E-state index contributed by atoms with van der Waals surface area (Å²) >= 11 is 0. The third kappa shape index (κ3) is 11.5. The van der Waals surface area contributed by atoms with E-state index in [1.807, 2.05) is 60.7 Å². The number of rotatable bonds is 15. The second-order valence-corrected chi connectivity index (χ2v) is 15.3. The molecule has 0 aliphatic heterocycles. The highest BCUT2D eigenvalue weighted by Crippen LogP contribution is 2.45. The van der Waals surface area contributed by atoms with Gasteiger partial charge in [-0.15, -0.1) is 0 Å². The van der Waals surface area contributed by atoms with Gasteiger partial charge in [-0.3, -0.25) is 9.59 Å². The molecule has 0 radical (unpaired) electrons. The van der Waals surface area contributed by atoms with E-state index in [9.17, 15) is 28.8 Å². The van der Waals surface area contributed by atoms with Gasteiger partial charge in [-0.05, 0) is 142 Å². The maximum Gasteiger partial charge on any atom is 0.343 e. The number of fused-ring (bicyclic) bond motifs is 2. The number of ether oxygens (including phenoxy) is 4. The van der Waals surface area contributed by atoms with Crippen LogP contribution in [0.3, 0.4) is 0 Å². The molecule has 8 aromatic rings. The van der Waals surface area contributed by atoms with Crippen molar-refractivity contribution in [3.8, 4) is 34.1 Å². The van der Waals surface area contributed by atoms with Crippen LogP contribution in [0.2, 0.25) is 0 Å². The highest BCUT2D eigenvalue weighted by molar-refractivity contribution is 6.11. The number of hydrogen-bond acceptors (Lipinski definition) is 10. The smallest absolute Gasteiger partial charge is 0.343 e. The fraction of sp³-hybridized carbons (Fsp3) is 0. The molecule has 12 heteroatoms. The molecule has 8 aromatic carbocycles. The Balaban J connectivity index is 0.975. The first-order chi connectivity index (χ1) is 34.0. The summed E-state index contributed by atoms with van der Waals surface area (Å²) in [7, 11) is 0. The molecule has 2 amide bonds. The summed E-state index contributed by atoms with van der Waals surface area (Å²) in [6, 6.07) is 47.8. The van der Waals surface area contributed by atoms with Crippen molar-refractivity contribution >= 4 is 80.8 Å². The third-order valence-electron chi connectivity index (χ3n) is 10.6. The minimum Gasteiger partial charge on any atom is -0.423 e. The fourth-order valence-corrected chi connectivity index (χ4v) is 7.19. The summed E-state index contributed by atoms with van der Waals surface area (Å²) in [5.41, 5.74) is 3.87. The number of amides is 2. The van der Waals surface area contributed by atoms with E-state index in [-0.39, 0.29) is 45.9 Å². The molecular formula is C58H40N2O10. The van der Waals surface area contributed by atoms with Crippen LogP contribution >= 0.6 is 0 Å². The van der Waals surface area contributed by atoms with Crippen molar-refractivity contribution in [3.05, 3.63) is 230 Å². The number of benzene rings is 8. The zero-order chi connectivity index (χ0) is 49.0. The van der Waals surface area contributed by atoms with Crippen LogP contribution in [0.4, 0.5) is 11.4 Å². The van der Waals surface area contributed by atoms with E-state index in [4.69, 9.17) is 18.9 Å². The SMILES string of the molecule is C=CC(=O)Nc1ccc(OC(=O)c2ccc(/C=C/C(=O)Oc3ccc4ccccc4c3-c3c(OC(=O)/C=C/c4ccc(C(=O)Oc5ccc(NC(=O)C=C)cc5)cc4)ccc4ccccc34)cc2)cc1.